The lowest BCUT2D eigenvalue weighted by atomic mass is 10.1. The van der Waals surface area contributed by atoms with Gasteiger partial charge in [0.25, 0.3) is 0 Å². The summed E-state index contributed by atoms with van der Waals surface area (Å²) in [6.07, 6.45) is 2.83. The molecule has 14 heavy (non-hydrogen) atoms. The van der Waals surface area contributed by atoms with Gasteiger partial charge in [0, 0.05) is 4.90 Å². The fraction of sp³-hybridized carbons (Fsp3) is 0.400. The Bertz CT molecular complexity index is 294. The van der Waals surface area contributed by atoms with E-state index in [1.807, 2.05) is 0 Å². The predicted octanol–water partition coefficient (Wildman–Crippen LogP) is 3.05. The summed E-state index contributed by atoms with van der Waals surface area (Å²) in [4.78, 5) is 0.306. The topological polar surface area (TPSA) is 26.0 Å². The number of unbranched alkanes of at least 4 members (excludes halogenated alkanes) is 1. The first-order chi connectivity index (χ1) is 6.65. The van der Waals surface area contributed by atoms with E-state index in [1.165, 1.54) is 0 Å². The zero-order valence-electron chi connectivity index (χ0n) is 7.76. The Hall–Kier alpha value is -0.250. The molecule has 2 N–H and O–H groups in total. The van der Waals surface area contributed by atoms with Crippen LogP contribution in [0.3, 0.4) is 0 Å². The number of rotatable bonds is 4. The van der Waals surface area contributed by atoms with Crippen molar-refractivity contribution in [1.82, 2.24) is 0 Å². The van der Waals surface area contributed by atoms with E-state index in [0.29, 0.717) is 11.4 Å². The zero-order valence-corrected chi connectivity index (χ0v) is 9.41. The van der Waals surface area contributed by atoms with Crippen LogP contribution < -0.4 is 5.73 Å². The molecule has 1 aromatic rings. The molecule has 4 heteroatoms. The molecular weight excluding hydrogens is 221 g/mol. The fourth-order valence-electron chi connectivity index (χ4n) is 1.25. The molecule has 0 saturated carbocycles. The molecule has 0 bridgehead atoms. The average molecular weight is 234 g/mol. The van der Waals surface area contributed by atoms with E-state index in [4.69, 9.17) is 17.3 Å². The summed E-state index contributed by atoms with van der Waals surface area (Å²) in [5.41, 5.74) is 6.38. The Morgan fingerprint density at radius 3 is 2.64 bits per heavy atom. The van der Waals surface area contributed by atoms with Gasteiger partial charge in [-0.2, -0.15) is 0 Å². The summed E-state index contributed by atoms with van der Waals surface area (Å²) in [6.45, 7) is 0.683. The number of nitrogens with two attached hydrogens (primary N) is 1. The summed E-state index contributed by atoms with van der Waals surface area (Å²) < 4.78 is 13.1. The third kappa shape index (κ3) is 3.15. The summed E-state index contributed by atoms with van der Waals surface area (Å²) in [5, 5.41) is 0.139. The van der Waals surface area contributed by atoms with E-state index in [9.17, 15) is 4.39 Å². The lowest BCUT2D eigenvalue weighted by Gasteiger charge is -2.04. The van der Waals surface area contributed by atoms with Crippen LogP contribution in [-0.2, 0) is 6.42 Å². The van der Waals surface area contributed by atoms with Gasteiger partial charge in [0.15, 0.2) is 5.82 Å². The van der Waals surface area contributed by atoms with E-state index >= 15 is 0 Å². The summed E-state index contributed by atoms with van der Waals surface area (Å²) >= 11 is 9.68. The Morgan fingerprint density at radius 1 is 1.36 bits per heavy atom. The molecule has 0 aliphatic carbocycles. The minimum atomic E-state index is -0.447. The fourth-order valence-corrected chi connectivity index (χ4v) is 1.84. The largest absolute Gasteiger partial charge is 0.330 e. The van der Waals surface area contributed by atoms with Gasteiger partial charge >= 0.3 is 0 Å². The summed E-state index contributed by atoms with van der Waals surface area (Å²) in [6, 6.07) is 3.36. The smallest absolute Gasteiger partial charge is 0.155 e. The Kier molecular flexibility index (Phi) is 4.72. The molecule has 1 aromatic carbocycles. The molecule has 0 atom stereocenters. The first kappa shape index (κ1) is 11.8. The highest BCUT2D eigenvalue weighted by molar-refractivity contribution is 7.80. The SMILES string of the molecule is NCCCCc1cc(S)c(F)c(Cl)c1. The number of hydrogen-bond acceptors (Lipinski definition) is 2. The highest BCUT2D eigenvalue weighted by atomic mass is 35.5. The second-order valence-corrected chi connectivity index (χ2v) is 4.05. The first-order valence-corrected chi connectivity index (χ1v) is 5.34. The number of thiol groups is 1. The molecular formula is C10H13ClFNS. The average Bonchev–Trinajstić information content (AvgIpc) is 2.14. The van der Waals surface area contributed by atoms with Crippen LogP contribution in [0.5, 0.6) is 0 Å². The number of halogens is 2. The van der Waals surface area contributed by atoms with Crippen molar-refractivity contribution in [3.63, 3.8) is 0 Å². The lowest BCUT2D eigenvalue weighted by molar-refractivity contribution is 0.601. The Labute approximate surface area is 93.9 Å². The summed E-state index contributed by atoms with van der Waals surface area (Å²) in [7, 11) is 0. The zero-order chi connectivity index (χ0) is 10.6. The van der Waals surface area contributed by atoms with Gasteiger partial charge in [0.05, 0.1) is 5.02 Å². The van der Waals surface area contributed by atoms with Gasteiger partial charge in [-0.05, 0) is 43.5 Å². The van der Waals surface area contributed by atoms with Crippen molar-refractivity contribution < 1.29 is 4.39 Å². The highest BCUT2D eigenvalue weighted by Crippen LogP contribution is 2.24. The van der Waals surface area contributed by atoms with Crippen molar-refractivity contribution >= 4 is 24.2 Å². The van der Waals surface area contributed by atoms with E-state index < -0.39 is 5.82 Å². The highest BCUT2D eigenvalue weighted by Gasteiger charge is 2.05. The monoisotopic (exact) mass is 233 g/mol. The van der Waals surface area contributed by atoms with Crippen LogP contribution in [0.1, 0.15) is 18.4 Å². The second-order valence-electron chi connectivity index (χ2n) is 3.16. The Morgan fingerprint density at radius 2 is 2.07 bits per heavy atom. The maximum absolute atomic E-state index is 13.1. The van der Waals surface area contributed by atoms with E-state index in [1.54, 1.807) is 12.1 Å². The molecule has 0 amide bonds. The molecule has 0 radical (unpaired) electrons. The van der Waals surface area contributed by atoms with Crippen molar-refractivity contribution in [2.45, 2.75) is 24.2 Å². The van der Waals surface area contributed by atoms with Crippen molar-refractivity contribution in [2.75, 3.05) is 6.54 Å². The van der Waals surface area contributed by atoms with Crippen LogP contribution in [0.4, 0.5) is 4.39 Å². The normalized spacial score (nSPS) is 10.6. The van der Waals surface area contributed by atoms with Crippen molar-refractivity contribution in [1.29, 1.82) is 0 Å². The number of benzene rings is 1. The summed E-state index contributed by atoms with van der Waals surface area (Å²) in [5.74, 6) is -0.447. The van der Waals surface area contributed by atoms with Crippen LogP contribution in [-0.4, -0.2) is 6.54 Å². The maximum atomic E-state index is 13.1. The molecule has 0 fully saturated rings. The van der Waals surface area contributed by atoms with Crippen LogP contribution in [0.25, 0.3) is 0 Å². The number of aryl methyl sites for hydroxylation is 1. The minimum absolute atomic E-state index is 0.139. The van der Waals surface area contributed by atoms with Crippen molar-refractivity contribution in [3.05, 3.63) is 28.5 Å². The third-order valence-corrected chi connectivity index (χ3v) is 2.59. The molecule has 0 saturated heterocycles. The van der Waals surface area contributed by atoms with Gasteiger partial charge in [-0.15, -0.1) is 12.6 Å². The molecule has 0 aromatic heterocycles. The van der Waals surface area contributed by atoms with E-state index in [-0.39, 0.29) is 5.02 Å². The van der Waals surface area contributed by atoms with Crippen LogP contribution in [0.2, 0.25) is 5.02 Å². The minimum Gasteiger partial charge on any atom is -0.330 e. The number of hydrogen-bond donors (Lipinski definition) is 2. The lowest BCUT2D eigenvalue weighted by Crippen LogP contribution is -1.99. The quantitative estimate of drug-likeness (QED) is 0.607. The molecule has 0 aliphatic rings. The van der Waals surface area contributed by atoms with Crippen LogP contribution in [0, 0.1) is 5.82 Å². The standard InChI is InChI=1S/C10H13ClFNS/c11-8-5-7(3-1-2-4-13)6-9(14)10(8)12/h5-6,14H,1-4,13H2. The van der Waals surface area contributed by atoms with Gasteiger partial charge < -0.3 is 5.73 Å². The molecule has 0 spiro atoms. The molecule has 0 heterocycles. The van der Waals surface area contributed by atoms with E-state index in [0.717, 1.165) is 24.8 Å². The van der Waals surface area contributed by atoms with Gasteiger partial charge in [-0.25, -0.2) is 4.39 Å². The molecule has 78 valence electrons. The van der Waals surface area contributed by atoms with Gasteiger partial charge in [0.2, 0.25) is 0 Å². The van der Waals surface area contributed by atoms with Gasteiger partial charge in [0.1, 0.15) is 0 Å². The molecule has 0 unspecified atom stereocenters. The van der Waals surface area contributed by atoms with Crippen molar-refractivity contribution in [3.8, 4) is 0 Å². The van der Waals surface area contributed by atoms with E-state index in [2.05, 4.69) is 12.6 Å². The van der Waals surface area contributed by atoms with Gasteiger partial charge in [-0.3, -0.25) is 0 Å². The third-order valence-electron chi connectivity index (χ3n) is 1.99. The molecule has 1 rings (SSSR count). The Balaban J connectivity index is 2.69. The van der Waals surface area contributed by atoms with Crippen molar-refractivity contribution in [2.24, 2.45) is 5.73 Å². The molecule has 1 nitrogen and oxygen atoms in total. The second kappa shape index (κ2) is 5.59. The maximum Gasteiger partial charge on any atom is 0.155 e. The van der Waals surface area contributed by atoms with Gasteiger partial charge in [-0.1, -0.05) is 11.6 Å². The van der Waals surface area contributed by atoms with Crippen LogP contribution >= 0.6 is 24.2 Å². The predicted molar refractivity (Wildman–Crippen MR) is 60.7 cm³/mol. The molecule has 0 aliphatic heterocycles. The van der Waals surface area contributed by atoms with Crippen LogP contribution in [0.15, 0.2) is 17.0 Å². The first-order valence-electron chi connectivity index (χ1n) is 4.52.